The Balaban J connectivity index is 4.46. The van der Waals surface area contributed by atoms with Gasteiger partial charge in [-0.1, -0.05) is 159 Å². The van der Waals surface area contributed by atoms with E-state index in [9.17, 15) is 14.4 Å². The largest absolute Gasteiger partial charge is 0.462 e. The van der Waals surface area contributed by atoms with Crippen LogP contribution < -0.4 is 0 Å². The van der Waals surface area contributed by atoms with Gasteiger partial charge in [-0.15, -0.1) is 0 Å². The lowest BCUT2D eigenvalue weighted by Gasteiger charge is -2.18. The number of carbonyl (C=O) groups is 3. The van der Waals surface area contributed by atoms with Crippen LogP contribution >= 0.6 is 0 Å². The summed E-state index contributed by atoms with van der Waals surface area (Å²) in [5.74, 6) is -1.07. The van der Waals surface area contributed by atoms with Gasteiger partial charge in [-0.05, 0) is 57.8 Å². The van der Waals surface area contributed by atoms with Gasteiger partial charge in [-0.25, -0.2) is 0 Å². The second-order valence-corrected chi connectivity index (χ2v) is 13.2. The third-order valence-corrected chi connectivity index (χ3v) is 8.35. The SMILES string of the molecule is CC/C=C\C/C=C\C/C=C\CC(=O)OC(COC(=O)CCCCC/C=C\CCCCCCCC)COC(=O)CCCCCCCCCCC. The van der Waals surface area contributed by atoms with Crippen LogP contribution in [0.3, 0.4) is 0 Å². The zero-order chi connectivity index (χ0) is 35.9. The van der Waals surface area contributed by atoms with Crippen LogP contribution in [0.2, 0.25) is 0 Å². The van der Waals surface area contributed by atoms with Gasteiger partial charge in [-0.3, -0.25) is 14.4 Å². The fourth-order valence-electron chi connectivity index (χ4n) is 5.32. The molecular formula is C43H74O6. The zero-order valence-corrected chi connectivity index (χ0v) is 31.9. The monoisotopic (exact) mass is 687 g/mol. The molecule has 0 spiro atoms. The van der Waals surface area contributed by atoms with Gasteiger partial charge < -0.3 is 14.2 Å². The molecule has 0 heterocycles. The maximum Gasteiger partial charge on any atom is 0.310 e. The van der Waals surface area contributed by atoms with E-state index in [-0.39, 0.29) is 31.6 Å². The zero-order valence-electron chi connectivity index (χ0n) is 31.9. The molecular weight excluding hydrogens is 612 g/mol. The van der Waals surface area contributed by atoms with Gasteiger partial charge >= 0.3 is 17.9 Å². The summed E-state index contributed by atoms with van der Waals surface area (Å²) in [5, 5.41) is 0. The second-order valence-electron chi connectivity index (χ2n) is 13.2. The van der Waals surface area contributed by atoms with Gasteiger partial charge in [0, 0.05) is 12.8 Å². The van der Waals surface area contributed by atoms with E-state index in [4.69, 9.17) is 14.2 Å². The molecule has 0 aliphatic rings. The maximum atomic E-state index is 12.5. The Bertz CT molecular complexity index is 887. The molecule has 0 bridgehead atoms. The summed E-state index contributed by atoms with van der Waals surface area (Å²) in [7, 11) is 0. The van der Waals surface area contributed by atoms with Crippen LogP contribution in [0.15, 0.2) is 48.6 Å². The molecule has 0 saturated carbocycles. The smallest absolute Gasteiger partial charge is 0.310 e. The van der Waals surface area contributed by atoms with Crippen molar-refractivity contribution in [1.29, 1.82) is 0 Å². The van der Waals surface area contributed by atoms with Crippen LogP contribution in [0.5, 0.6) is 0 Å². The molecule has 0 aromatic heterocycles. The lowest BCUT2D eigenvalue weighted by atomic mass is 10.1. The van der Waals surface area contributed by atoms with Crippen molar-refractivity contribution in [2.45, 2.75) is 194 Å². The standard InChI is InChI=1S/C43H74O6/c1-4-7-10-13-16-19-20-21-22-25-27-30-33-36-42(45)48-39-40(49-43(46)37-34-31-28-24-18-15-12-9-6-3)38-47-41(44)35-32-29-26-23-17-14-11-8-5-2/h9,12,18,21-22,24,31,34,40H,4-8,10-11,13-17,19-20,23,25-30,32-33,35-39H2,1-3H3/b12-9-,22-21-,24-18-,34-31-. The molecule has 1 unspecified atom stereocenters. The summed E-state index contributed by atoms with van der Waals surface area (Å²) in [6.07, 6.45) is 42.8. The van der Waals surface area contributed by atoms with Crippen molar-refractivity contribution in [3.8, 4) is 0 Å². The van der Waals surface area contributed by atoms with E-state index in [1.54, 1.807) is 6.08 Å². The van der Waals surface area contributed by atoms with Crippen molar-refractivity contribution in [2.75, 3.05) is 13.2 Å². The molecule has 6 heteroatoms. The van der Waals surface area contributed by atoms with Crippen molar-refractivity contribution in [2.24, 2.45) is 0 Å². The first kappa shape index (κ1) is 46.4. The minimum Gasteiger partial charge on any atom is -0.462 e. The molecule has 0 aliphatic carbocycles. The summed E-state index contributed by atoms with van der Waals surface area (Å²) < 4.78 is 16.5. The molecule has 0 amide bonds. The normalized spacial score (nSPS) is 12.5. The topological polar surface area (TPSA) is 78.9 Å². The summed E-state index contributed by atoms with van der Waals surface area (Å²) >= 11 is 0. The van der Waals surface area contributed by atoms with Crippen molar-refractivity contribution in [3.63, 3.8) is 0 Å². The van der Waals surface area contributed by atoms with Crippen molar-refractivity contribution >= 4 is 17.9 Å². The Hall–Kier alpha value is -2.63. The van der Waals surface area contributed by atoms with Crippen LogP contribution in [0.1, 0.15) is 188 Å². The first-order valence-electron chi connectivity index (χ1n) is 20.1. The number of rotatable bonds is 35. The molecule has 0 N–H and O–H groups in total. The maximum absolute atomic E-state index is 12.5. The number of hydrogen-bond donors (Lipinski definition) is 0. The van der Waals surface area contributed by atoms with Crippen molar-refractivity contribution < 1.29 is 28.6 Å². The van der Waals surface area contributed by atoms with Gasteiger partial charge in [0.05, 0.1) is 6.42 Å². The van der Waals surface area contributed by atoms with Gasteiger partial charge in [0.1, 0.15) is 13.2 Å². The molecule has 0 aromatic carbocycles. The van der Waals surface area contributed by atoms with Crippen LogP contribution in [0, 0.1) is 0 Å². The Morgan fingerprint density at radius 1 is 0.449 bits per heavy atom. The van der Waals surface area contributed by atoms with E-state index < -0.39 is 12.1 Å². The molecule has 282 valence electrons. The average molecular weight is 687 g/mol. The average Bonchev–Trinajstić information content (AvgIpc) is 3.10. The quantitative estimate of drug-likeness (QED) is 0.0286. The molecule has 0 aromatic rings. The first-order chi connectivity index (χ1) is 24.0. The number of esters is 3. The summed E-state index contributed by atoms with van der Waals surface area (Å²) in [6, 6.07) is 0. The second kappa shape index (κ2) is 38.2. The van der Waals surface area contributed by atoms with Gasteiger partial charge in [-0.2, -0.15) is 0 Å². The van der Waals surface area contributed by atoms with Gasteiger partial charge in [0.25, 0.3) is 0 Å². The van der Waals surface area contributed by atoms with Gasteiger partial charge in [0.2, 0.25) is 0 Å². The fourth-order valence-corrected chi connectivity index (χ4v) is 5.32. The minimum atomic E-state index is -0.820. The molecule has 0 saturated heterocycles. The molecule has 0 fully saturated rings. The fraction of sp³-hybridized carbons (Fsp3) is 0.744. The van der Waals surface area contributed by atoms with Gasteiger partial charge in [0.15, 0.2) is 6.10 Å². The van der Waals surface area contributed by atoms with Crippen molar-refractivity contribution in [3.05, 3.63) is 48.6 Å². The predicted molar refractivity (Wildman–Crippen MR) is 205 cm³/mol. The van der Waals surface area contributed by atoms with Crippen molar-refractivity contribution in [1.82, 2.24) is 0 Å². The van der Waals surface area contributed by atoms with E-state index >= 15 is 0 Å². The lowest BCUT2D eigenvalue weighted by molar-refractivity contribution is -0.166. The van der Waals surface area contributed by atoms with Crippen LogP contribution in [0.25, 0.3) is 0 Å². The highest BCUT2D eigenvalue weighted by Gasteiger charge is 2.19. The number of hydrogen-bond acceptors (Lipinski definition) is 6. The summed E-state index contributed by atoms with van der Waals surface area (Å²) in [5.41, 5.74) is 0. The third kappa shape index (κ3) is 36.5. The molecule has 0 rings (SSSR count). The molecule has 6 nitrogen and oxygen atoms in total. The van der Waals surface area contributed by atoms with E-state index in [1.807, 2.05) is 6.08 Å². The number of unbranched alkanes of at least 4 members (excludes halogenated alkanes) is 17. The Morgan fingerprint density at radius 3 is 1.35 bits per heavy atom. The van der Waals surface area contributed by atoms with Crippen LogP contribution in [-0.2, 0) is 28.6 Å². The van der Waals surface area contributed by atoms with E-state index in [0.29, 0.717) is 12.8 Å². The highest BCUT2D eigenvalue weighted by atomic mass is 16.6. The van der Waals surface area contributed by atoms with E-state index in [0.717, 1.165) is 70.6 Å². The Morgan fingerprint density at radius 2 is 0.857 bits per heavy atom. The molecule has 49 heavy (non-hydrogen) atoms. The highest BCUT2D eigenvalue weighted by Crippen LogP contribution is 2.12. The summed E-state index contributed by atoms with van der Waals surface area (Å²) in [6.45, 7) is 6.35. The highest BCUT2D eigenvalue weighted by molar-refractivity contribution is 5.72. The van der Waals surface area contributed by atoms with Crippen LogP contribution in [0.4, 0.5) is 0 Å². The minimum absolute atomic E-state index is 0.105. The molecule has 0 aliphatic heterocycles. The molecule has 1 atom stereocenters. The number of allylic oxidation sites excluding steroid dienone is 7. The van der Waals surface area contributed by atoms with E-state index in [2.05, 4.69) is 57.2 Å². The number of carbonyl (C=O) groups excluding carboxylic acids is 3. The Labute approximate surface area is 301 Å². The predicted octanol–water partition coefficient (Wildman–Crippen LogP) is 12.4. The van der Waals surface area contributed by atoms with Crippen LogP contribution in [-0.4, -0.2) is 37.2 Å². The molecule has 0 radical (unpaired) electrons. The Kier molecular flexibility index (Phi) is 36.1. The van der Waals surface area contributed by atoms with E-state index in [1.165, 1.54) is 77.0 Å². The lowest BCUT2D eigenvalue weighted by Crippen LogP contribution is -2.30. The number of ether oxygens (including phenoxy) is 3. The summed E-state index contributed by atoms with van der Waals surface area (Å²) in [4.78, 5) is 37.3. The first-order valence-corrected chi connectivity index (χ1v) is 20.1. The third-order valence-electron chi connectivity index (χ3n) is 8.35.